The zero-order valence-electron chi connectivity index (χ0n) is 20.1. The maximum absolute atomic E-state index is 13.7. The Morgan fingerprint density at radius 1 is 0.824 bits per heavy atom. The van der Waals surface area contributed by atoms with Crippen molar-refractivity contribution in [1.82, 2.24) is 10.2 Å². The van der Waals surface area contributed by atoms with Gasteiger partial charge in [-0.05, 0) is 41.7 Å². The van der Waals surface area contributed by atoms with E-state index in [-0.39, 0.29) is 36.5 Å². The lowest BCUT2D eigenvalue weighted by Gasteiger charge is -2.31. The maximum Gasteiger partial charge on any atom is 0.242 e. The molecule has 0 saturated heterocycles. The van der Waals surface area contributed by atoms with Crippen molar-refractivity contribution in [2.75, 3.05) is 6.54 Å². The summed E-state index contributed by atoms with van der Waals surface area (Å²) in [5.41, 5.74) is 2.86. The fraction of sp³-hybridized carbons (Fsp3) is 0.310. The molecule has 0 saturated carbocycles. The number of amides is 2. The SMILES string of the molecule is CC(C)CNC(=O)[C@@H](C)N(Cc1ccc(F)cc1)C(=O)CC(c1ccccc1)c1ccccc1. The molecule has 0 aromatic heterocycles. The molecular weight excluding hydrogens is 427 g/mol. The van der Waals surface area contributed by atoms with E-state index in [1.54, 1.807) is 24.0 Å². The van der Waals surface area contributed by atoms with E-state index in [9.17, 15) is 14.0 Å². The minimum absolute atomic E-state index is 0.130. The highest BCUT2D eigenvalue weighted by Gasteiger charge is 2.29. The predicted molar refractivity (Wildman–Crippen MR) is 134 cm³/mol. The van der Waals surface area contributed by atoms with Gasteiger partial charge in [0.15, 0.2) is 0 Å². The summed E-state index contributed by atoms with van der Waals surface area (Å²) in [5.74, 6) is -0.499. The average molecular weight is 461 g/mol. The lowest BCUT2D eigenvalue weighted by atomic mass is 9.88. The summed E-state index contributed by atoms with van der Waals surface area (Å²) in [6, 6.07) is 25.2. The third-order valence-corrected chi connectivity index (χ3v) is 5.90. The van der Waals surface area contributed by atoms with Crippen LogP contribution in [0.5, 0.6) is 0 Å². The van der Waals surface area contributed by atoms with Gasteiger partial charge in [0.2, 0.25) is 11.8 Å². The Labute approximate surface area is 201 Å². The number of carbonyl (C=O) groups excluding carboxylic acids is 2. The van der Waals surface area contributed by atoms with Crippen LogP contribution >= 0.6 is 0 Å². The van der Waals surface area contributed by atoms with Gasteiger partial charge in [0.1, 0.15) is 11.9 Å². The highest BCUT2D eigenvalue weighted by atomic mass is 19.1. The Balaban J connectivity index is 1.88. The summed E-state index contributed by atoms with van der Waals surface area (Å²) in [6.07, 6.45) is 0.219. The molecule has 0 spiro atoms. The number of hydrogen-bond donors (Lipinski definition) is 1. The van der Waals surface area contributed by atoms with Crippen molar-refractivity contribution in [2.45, 2.75) is 45.7 Å². The van der Waals surface area contributed by atoms with Crippen molar-refractivity contribution in [3.63, 3.8) is 0 Å². The third kappa shape index (κ3) is 7.01. The maximum atomic E-state index is 13.7. The number of nitrogens with one attached hydrogen (secondary N) is 1. The molecule has 3 rings (SSSR count). The molecule has 3 aromatic carbocycles. The van der Waals surface area contributed by atoms with Gasteiger partial charge in [-0.25, -0.2) is 4.39 Å². The molecule has 0 unspecified atom stereocenters. The first-order chi connectivity index (χ1) is 16.3. The van der Waals surface area contributed by atoms with Gasteiger partial charge in [0.25, 0.3) is 0 Å². The Morgan fingerprint density at radius 3 is 1.85 bits per heavy atom. The van der Waals surface area contributed by atoms with Crippen molar-refractivity contribution < 1.29 is 14.0 Å². The Morgan fingerprint density at radius 2 is 1.35 bits per heavy atom. The third-order valence-electron chi connectivity index (χ3n) is 5.90. The van der Waals surface area contributed by atoms with Gasteiger partial charge < -0.3 is 10.2 Å². The largest absolute Gasteiger partial charge is 0.354 e. The molecule has 34 heavy (non-hydrogen) atoms. The number of carbonyl (C=O) groups is 2. The molecule has 1 atom stereocenters. The molecule has 0 aliphatic heterocycles. The van der Waals surface area contributed by atoms with E-state index in [4.69, 9.17) is 0 Å². The van der Waals surface area contributed by atoms with E-state index in [2.05, 4.69) is 5.32 Å². The van der Waals surface area contributed by atoms with E-state index in [1.807, 2.05) is 74.5 Å². The van der Waals surface area contributed by atoms with Crippen LogP contribution in [0.3, 0.4) is 0 Å². The van der Waals surface area contributed by atoms with Crippen LogP contribution in [0, 0.1) is 11.7 Å². The summed E-state index contributed by atoms with van der Waals surface area (Å²) < 4.78 is 13.4. The second-order valence-electron chi connectivity index (χ2n) is 9.04. The molecule has 178 valence electrons. The van der Waals surface area contributed by atoms with Crippen molar-refractivity contribution >= 4 is 11.8 Å². The Kier molecular flexibility index (Phi) is 8.97. The number of halogens is 1. The van der Waals surface area contributed by atoms with E-state index >= 15 is 0 Å². The number of hydrogen-bond acceptors (Lipinski definition) is 2. The number of benzene rings is 3. The van der Waals surface area contributed by atoms with Crippen LogP contribution < -0.4 is 5.32 Å². The van der Waals surface area contributed by atoms with Crippen molar-refractivity contribution in [1.29, 1.82) is 0 Å². The molecule has 0 fully saturated rings. The zero-order chi connectivity index (χ0) is 24.5. The van der Waals surface area contributed by atoms with E-state index in [1.165, 1.54) is 12.1 Å². The van der Waals surface area contributed by atoms with Gasteiger partial charge in [0, 0.05) is 25.4 Å². The topological polar surface area (TPSA) is 49.4 Å². The number of nitrogens with zero attached hydrogens (tertiary/aromatic N) is 1. The van der Waals surface area contributed by atoms with Crippen molar-refractivity contribution in [3.05, 3.63) is 107 Å². The molecule has 4 nitrogen and oxygen atoms in total. The van der Waals surface area contributed by atoms with Gasteiger partial charge in [-0.3, -0.25) is 9.59 Å². The fourth-order valence-electron chi connectivity index (χ4n) is 3.91. The molecule has 0 aliphatic rings. The molecule has 2 amide bonds. The standard InChI is InChI=1S/C29H33FN2O2/c1-21(2)19-31-29(34)22(3)32(20-23-14-16-26(30)17-15-23)28(33)18-27(24-10-6-4-7-11-24)25-12-8-5-9-13-25/h4-17,21-22,27H,18-20H2,1-3H3,(H,31,34)/t22-/m1/s1. The van der Waals surface area contributed by atoms with Gasteiger partial charge in [0.05, 0.1) is 0 Å². The average Bonchev–Trinajstić information content (AvgIpc) is 2.86. The minimum atomic E-state index is -0.663. The summed E-state index contributed by atoms with van der Waals surface area (Å²) in [4.78, 5) is 28.2. The number of rotatable bonds is 10. The second kappa shape index (κ2) is 12.1. The van der Waals surface area contributed by atoms with E-state index in [0.717, 1.165) is 16.7 Å². The van der Waals surface area contributed by atoms with Crippen LogP contribution in [0.2, 0.25) is 0 Å². The summed E-state index contributed by atoms with van der Waals surface area (Å²) in [5, 5.41) is 2.94. The molecule has 0 bridgehead atoms. The van der Waals surface area contributed by atoms with Crippen LogP contribution in [-0.2, 0) is 16.1 Å². The Hall–Kier alpha value is -3.47. The van der Waals surface area contributed by atoms with Gasteiger partial charge in [-0.1, -0.05) is 86.6 Å². The molecule has 0 heterocycles. The van der Waals surface area contributed by atoms with Crippen LogP contribution in [-0.4, -0.2) is 29.3 Å². The molecule has 5 heteroatoms. The first kappa shape index (κ1) is 25.2. The summed E-state index contributed by atoms with van der Waals surface area (Å²) >= 11 is 0. The lowest BCUT2D eigenvalue weighted by molar-refractivity contribution is -0.140. The van der Waals surface area contributed by atoms with Gasteiger partial charge >= 0.3 is 0 Å². The molecule has 0 aliphatic carbocycles. The second-order valence-corrected chi connectivity index (χ2v) is 9.04. The molecule has 1 N–H and O–H groups in total. The monoisotopic (exact) mass is 460 g/mol. The lowest BCUT2D eigenvalue weighted by Crippen LogP contribution is -2.48. The summed E-state index contributed by atoms with van der Waals surface area (Å²) in [6.45, 7) is 6.56. The summed E-state index contributed by atoms with van der Waals surface area (Å²) in [7, 11) is 0. The highest BCUT2D eigenvalue weighted by molar-refractivity contribution is 5.87. The van der Waals surface area contributed by atoms with Crippen LogP contribution in [0.4, 0.5) is 4.39 Å². The molecule has 3 aromatic rings. The van der Waals surface area contributed by atoms with Gasteiger partial charge in [-0.15, -0.1) is 0 Å². The zero-order valence-corrected chi connectivity index (χ0v) is 20.1. The van der Waals surface area contributed by atoms with Crippen molar-refractivity contribution in [2.24, 2.45) is 5.92 Å². The Bertz CT molecular complexity index is 1010. The first-order valence-corrected chi connectivity index (χ1v) is 11.8. The predicted octanol–water partition coefficient (Wildman–Crippen LogP) is 5.54. The van der Waals surface area contributed by atoms with Crippen LogP contribution in [0.1, 0.15) is 49.8 Å². The minimum Gasteiger partial charge on any atom is -0.354 e. The highest BCUT2D eigenvalue weighted by Crippen LogP contribution is 2.29. The van der Waals surface area contributed by atoms with E-state index < -0.39 is 6.04 Å². The van der Waals surface area contributed by atoms with Crippen LogP contribution in [0.15, 0.2) is 84.9 Å². The molecule has 0 radical (unpaired) electrons. The van der Waals surface area contributed by atoms with Crippen LogP contribution in [0.25, 0.3) is 0 Å². The normalized spacial score (nSPS) is 11.9. The smallest absolute Gasteiger partial charge is 0.242 e. The van der Waals surface area contributed by atoms with Gasteiger partial charge in [-0.2, -0.15) is 0 Å². The first-order valence-electron chi connectivity index (χ1n) is 11.8. The fourth-order valence-corrected chi connectivity index (χ4v) is 3.91. The molecular formula is C29H33FN2O2. The quantitative estimate of drug-likeness (QED) is 0.432. The van der Waals surface area contributed by atoms with Crippen molar-refractivity contribution in [3.8, 4) is 0 Å². The van der Waals surface area contributed by atoms with E-state index in [0.29, 0.717) is 12.5 Å².